The maximum atomic E-state index is 12.4. The van der Waals surface area contributed by atoms with E-state index in [1.165, 1.54) is 0 Å². The summed E-state index contributed by atoms with van der Waals surface area (Å²) in [7, 11) is -3.94. The average Bonchev–Trinajstić information content (AvgIpc) is 3.46. The molecule has 1 aliphatic rings. The fourth-order valence-electron chi connectivity index (χ4n) is 2.73. The first-order chi connectivity index (χ1) is 14.2. The van der Waals surface area contributed by atoms with E-state index in [4.69, 9.17) is 4.74 Å². The van der Waals surface area contributed by atoms with E-state index in [0.29, 0.717) is 17.0 Å². The number of carbonyl (C=O) groups is 2. The fraction of sp³-hybridized carbons (Fsp3) is 0.333. The molecule has 0 bridgehead atoms. The van der Waals surface area contributed by atoms with Crippen LogP contribution in [0.4, 0.5) is 11.4 Å². The number of carbonyl (C=O) groups excluding carboxylic acids is 2. The summed E-state index contributed by atoms with van der Waals surface area (Å²) in [6, 6.07) is 13.1. The van der Waals surface area contributed by atoms with Crippen molar-refractivity contribution in [3.05, 3.63) is 54.1 Å². The molecule has 0 atom stereocenters. The molecular weight excluding hydrogens is 406 g/mol. The maximum absolute atomic E-state index is 12.4. The van der Waals surface area contributed by atoms with Gasteiger partial charge in [0, 0.05) is 11.7 Å². The van der Waals surface area contributed by atoms with Crippen molar-refractivity contribution in [1.82, 2.24) is 5.32 Å². The van der Waals surface area contributed by atoms with Crippen LogP contribution in [0, 0.1) is 0 Å². The zero-order chi connectivity index (χ0) is 21.7. The highest BCUT2D eigenvalue weighted by Crippen LogP contribution is 2.22. The van der Waals surface area contributed by atoms with Crippen molar-refractivity contribution < 1.29 is 22.7 Å². The molecule has 0 heterocycles. The predicted octanol–water partition coefficient (Wildman–Crippen LogP) is 2.75. The van der Waals surface area contributed by atoms with Gasteiger partial charge in [-0.3, -0.25) is 14.3 Å². The monoisotopic (exact) mass is 431 g/mol. The van der Waals surface area contributed by atoms with Gasteiger partial charge in [0.2, 0.25) is 15.9 Å². The van der Waals surface area contributed by atoms with Crippen LogP contribution in [-0.4, -0.2) is 38.1 Å². The zero-order valence-corrected chi connectivity index (χ0v) is 17.7. The number of para-hydroxylation sites is 1. The summed E-state index contributed by atoms with van der Waals surface area (Å²) in [6.45, 7) is 3.78. The summed E-state index contributed by atoms with van der Waals surface area (Å²) in [4.78, 5) is 24.6. The Morgan fingerprint density at radius 2 is 1.73 bits per heavy atom. The van der Waals surface area contributed by atoms with Crippen molar-refractivity contribution in [2.75, 3.05) is 15.8 Å². The van der Waals surface area contributed by atoms with Gasteiger partial charge >= 0.3 is 0 Å². The van der Waals surface area contributed by atoms with Crippen LogP contribution in [0.15, 0.2) is 48.5 Å². The summed E-state index contributed by atoms with van der Waals surface area (Å²) >= 11 is 0. The number of rotatable bonds is 9. The van der Waals surface area contributed by atoms with Crippen molar-refractivity contribution in [2.24, 2.45) is 0 Å². The second-order valence-electron chi connectivity index (χ2n) is 7.39. The van der Waals surface area contributed by atoms with E-state index in [1.54, 1.807) is 48.5 Å². The number of ether oxygens (including phenoxy) is 1. The molecule has 2 aromatic rings. The van der Waals surface area contributed by atoms with Gasteiger partial charge in [0.15, 0.2) is 0 Å². The quantitative estimate of drug-likeness (QED) is 0.565. The molecule has 3 N–H and O–H groups in total. The van der Waals surface area contributed by atoms with Gasteiger partial charge in [0.1, 0.15) is 11.5 Å². The van der Waals surface area contributed by atoms with Gasteiger partial charge in [-0.2, -0.15) is 0 Å². The predicted molar refractivity (Wildman–Crippen MR) is 115 cm³/mol. The Balaban J connectivity index is 1.60. The van der Waals surface area contributed by atoms with Crippen LogP contribution in [0.1, 0.15) is 37.0 Å². The van der Waals surface area contributed by atoms with Gasteiger partial charge < -0.3 is 15.4 Å². The van der Waals surface area contributed by atoms with E-state index in [0.717, 1.165) is 12.8 Å². The molecular formula is C21H25N3O5S. The van der Waals surface area contributed by atoms with Gasteiger partial charge in [0.05, 0.1) is 17.4 Å². The SMILES string of the molecule is CC(C)Oc1ccc(NS(=O)(=O)CC(=O)Nc2ccccc2C(=O)NC2CC2)cc1. The minimum Gasteiger partial charge on any atom is -0.491 e. The number of amides is 2. The van der Waals surface area contributed by atoms with Crippen molar-refractivity contribution in [2.45, 2.75) is 38.8 Å². The molecule has 0 aromatic heterocycles. The van der Waals surface area contributed by atoms with Gasteiger partial charge in [-0.15, -0.1) is 0 Å². The lowest BCUT2D eigenvalue weighted by molar-refractivity contribution is -0.113. The third-order valence-electron chi connectivity index (χ3n) is 4.18. The Labute approximate surface area is 176 Å². The molecule has 1 fully saturated rings. The molecule has 0 radical (unpaired) electrons. The molecule has 1 saturated carbocycles. The molecule has 9 heteroatoms. The molecule has 0 spiro atoms. The molecule has 2 aromatic carbocycles. The summed E-state index contributed by atoms with van der Waals surface area (Å²) in [5.41, 5.74) is 0.887. The Morgan fingerprint density at radius 1 is 1.07 bits per heavy atom. The van der Waals surface area contributed by atoms with Crippen LogP contribution < -0.4 is 20.1 Å². The number of anilines is 2. The number of hydrogen-bond donors (Lipinski definition) is 3. The summed E-state index contributed by atoms with van der Waals surface area (Å²) in [5, 5.41) is 5.37. The summed E-state index contributed by atoms with van der Waals surface area (Å²) < 4.78 is 32.6. The second-order valence-corrected chi connectivity index (χ2v) is 9.12. The standard InChI is InChI=1S/C21H25N3O5S/c1-14(2)29-17-11-9-16(10-12-17)24-30(27,28)13-20(25)23-19-6-4-3-5-18(19)21(26)22-15-7-8-15/h3-6,9-12,14-15,24H,7-8,13H2,1-2H3,(H,22,26)(H,23,25). The molecule has 1 aliphatic carbocycles. The smallest absolute Gasteiger partial charge is 0.253 e. The van der Waals surface area contributed by atoms with Gasteiger partial charge in [-0.25, -0.2) is 8.42 Å². The molecule has 8 nitrogen and oxygen atoms in total. The highest BCUT2D eigenvalue weighted by Gasteiger charge is 2.25. The third kappa shape index (κ3) is 6.48. The van der Waals surface area contributed by atoms with E-state index >= 15 is 0 Å². The van der Waals surface area contributed by atoms with E-state index in [1.807, 2.05) is 13.8 Å². The number of benzene rings is 2. The minimum absolute atomic E-state index is 0.00507. The van der Waals surface area contributed by atoms with Gasteiger partial charge in [-0.1, -0.05) is 12.1 Å². The third-order valence-corrected chi connectivity index (χ3v) is 5.37. The molecule has 2 amide bonds. The van der Waals surface area contributed by atoms with Crippen LogP contribution >= 0.6 is 0 Å². The number of hydrogen-bond acceptors (Lipinski definition) is 5. The zero-order valence-electron chi connectivity index (χ0n) is 16.8. The fourth-order valence-corrected chi connectivity index (χ4v) is 3.71. The number of sulfonamides is 1. The number of nitrogens with one attached hydrogen (secondary N) is 3. The van der Waals surface area contributed by atoms with Crippen LogP contribution in [0.3, 0.4) is 0 Å². The lowest BCUT2D eigenvalue weighted by Gasteiger charge is -2.13. The molecule has 0 unspecified atom stereocenters. The van der Waals surface area contributed by atoms with Crippen molar-refractivity contribution in [1.29, 1.82) is 0 Å². The Kier molecular flexibility index (Phi) is 6.61. The van der Waals surface area contributed by atoms with E-state index < -0.39 is 21.7 Å². The topological polar surface area (TPSA) is 114 Å². The first-order valence-corrected chi connectivity index (χ1v) is 11.3. The first kappa shape index (κ1) is 21.6. The van der Waals surface area contributed by atoms with Crippen LogP contribution in [0.25, 0.3) is 0 Å². The molecule has 3 rings (SSSR count). The van der Waals surface area contributed by atoms with Crippen molar-refractivity contribution in [3.63, 3.8) is 0 Å². The minimum atomic E-state index is -3.94. The summed E-state index contributed by atoms with van der Waals surface area (Å²) in [6.07, 6.45) is 1.88. The Hall–Kier alpha value is -3.07. The van der Waals surface area contributed by atoms with Crippen molar-refractivity contribution >= 4 is 33.2 Å². The highest BCUT2D eigenvalue weighted by atomic mass is 32.2. The van der Waals surface area contributed by atoms with Gasteiger partial charge in [-0.05, 0) is 63.1 Å². The normalized spacial score (nSPS) is 13.6. The molecule has 0 aliphatic heterocycles. The van der Waals surface area contributed by atoms with E-state index in [2.05, 4.69) is 15.4 Å². The lowest BCUT2D eigenvalue weighted by Crippen LogP contribution is -2.30. The maximum Gasteiger partial charge on any atom is 0.253 e. The highest BCUT2D eigenvalue weighted by molar-refractivity contribution is 7.93. The first-order valence-electron chi connectivity index (χ1n) is 9.69. The molecule has 0 saturated heterocycles. The Bertz CT molecular complexity index is 1020. The van der Waals surface area contributed by atoms with E-state index in [9.17, 15) is 18.0 Å². The van der Waals surface area contributed by atoms with Crippen LogP contribution in [0.2, 0.25) is 0 Å². The van der Waals surface area contributed by atoms with E-state index in [-0.39, 0.29) is 23.7 Å². The van der Waals surface area contributed by atoms with Crippen LogP contribution in [0.5, 0.6) is 5.75 Å². The lowest BCUT2D eigenvalue weighted by atomic mass is 10.1. The molecule has 30 heavy (non-hydrogen) atoms. The largest absolute Gasteiger partial charge is 0.491 e. The summed E-state index contributed by atoms with van der Waals surface area (Å²) in [5.74, 6) is -1.20. The van der Waals surface area contributed by atoms with Gasteiger partial charge in [0.25, 0.3) is 5.91 Å². The van der Waals surface area contributed by atoms with Crippen LogP contribution in [-0.2, 0) is 14.8 Å². The average molecular weight is 432 g/mol. The molecule has 160 valence electrons. The Morgan fingerprint density at radius 3 is 2.37 bits per heavy atom. The van der Waals surface area contributed by atoms with Crippen molar-refractivity contribution in [3.8, 4) is 5.75 Å². The second kappa shape index (κ2) is 9.17.